The second-order valence-electron chi connectivity index (χ2n) is 11.8. The fraction of sp³-hybridized carbons (Fsp3) is 0.968. The molecule has 202 valence electrons. The molecular weight excluding hydrogens is 418 g/mol. The van der Waals surface area contributed by atoms with Crippen LogP contribution < -0.4 is 0 Å². The van der Waals surface area contributed by atoms with Gasteiger partial charge in [0.05, 0.1) is 0 Å². The normalized spacial score (nSPS) is 18.5. The molecule has 0 bridgehead atoms. The van der Waals surface area contributed by atoms with Crippen molar-refractivity contribution in [3.63, 3.8) is 0 Å². The van der Waals surface area contributed by atoms with Crippen molar-refractivity contribution < 1.29 is 9.90 Å². The zero-order valence-corrected chi connectivity index (χ0v) is 23.5. The van der Waals surface area contributed by atoms with Crippen LogP contribution in [0.2, 0.25) is 0 Å². The maximum Gasteiger partial charge on any atom is 0.303 e. The average Bonchev–Trinajstić information content (AvgIpc) is 3.55. The number of hydrogen-bond acceptors (Lipinski definition) is 2. The molecule has 0 aromatic rings. The molecule has 34 heavy (non-hydrogen) atoms. The topological polar surface area (TPSA) is 40.5 Å². The lowest BCUT2D eigenvalue weighted by Crippen LogP contribution is -2.17. The second-order valence-corrected chi connectivity index (χ2v) is 11.8. The Bertz CT molecular complexity index is 464. The maximum atomic E-state index is 10.5. The number of carboxylic acid groups (broad SMARTS) is 1. The molecular formula is C31H61NO2. The minimum Gasteiger partial charge on any atom is -0.481 e. The SMILES string of the molecule is CCCCCCCC(CCCCCCCCC1CC1CCCCCCCC(=O)O)CCN(C)C. The number of carbonyl (C=O) groups is 1. The van der Waals surface area contributed by atoms with E-state index in [1.54, 1.807) is 0 Å². The van der Waals surface area contributed by atoms with E-state index < -0.39 is 5.97 Å². The summed E-state index contributed by atoms with van der Waals surface area (Å²) in [7, 11) is 4.44. The van der Waals surface area contributed by atoms with E-state index in [9.17, 15) is 4.79 Å². The van der Waals surface area contributed by atoms with Gasteiger partial charge in [-0.2, -0.15) is 0 Å². The summed E-state index contributed by atoms with van der Waals surface area (Å²) >= 11 is 0. The standard InChI is InChI=1S/C31H61NO2/c1-4-5-6-10-15-20-28(25-26-32(2)3)21-16-11-7-8-12-17-22-29-27-30(29)23-18-13-9-14-19-24-31(33)34/h28-30H,4-27H2,1-3H3,(H,33,34). The molecule has 1 fully saturated rings. The summed E-state index contributed by atoms with van der Waals surface area (Å²) in [5.41, 5.74) is 0. The molecule has 0 saturated heterocycles. The molecule has 1 saturated carbocycles. The smallest absolute Gasteiger partial charge is 0.303 e. The molecule has 0 radical (unpaired) electrons. The zero-order chi connectivity index (χ0) is 24.9. The van der Waals surface area contributed by atoms with Crippen LogP contribution in [0.5, 0.6) is 0 Å². The molecule has 3 heteroatoms. The minimum absolute atomic E-state index is 0.348. The van der Waals surface area contributed by atoms with Crippen LogP contribution in [0.3, 0.4) is 0 Å². The van der Waals surface area contributed by atoms with Gasteiger partial charge in [-0.15, -0.1) is 0 Å². The van der Waals surface area contributed by atoms with Crippen molar-refractivity contribution in [2.75, 3.05) is 20.6 Å². The van der Waals surface area contributed by atoms with Crippen LogP contribution in [0, 0.1) is 17.8 Å². The summed E-state index contributed by atoms with van der Waals surface area (Å²) in [5, 5.41) is 8.67. The lowest BCUT2D eigenvalue weighted by Gasteiger charge is -2.19. The minimum atomic E-state index is -0.645. The molecule has 0 aromatic carbocycles. The molecule has 3 atom stereocenters. The Morgan fingerprint density at radius 2 is 1.18 bits per heavy atom. The Hall–Kier alpha value is -0.570. The van der Waals surface area contributed by atoms with Crippen molar-refractivity contribution in [2.45, 2.75) is 155 Å². The van der Waals surface area contributed by atoms with E-state index in [0.29, 0.717) is 6.42 Å². The number of hydrogen-bond donors (Lipinski definition) is 1. The molecule has 3 unspecified atom stereocenters. The van der Waals surface area contributed by atoms with Crippen LogP contribution in [0.1, 0.15) is 155 Å². The Balaban J connectivity index is 1.91. The van der Waals surface area contributed by atoms with E-state index in [2.05, 4.69) is 25.9 Å². The third-order valence-corrected chi connectivity index (χ3v) is 8.17. The predicted octanol–water partition coefficient (Wildman–Crippen LogP) is 9.49. The summed E-state index contributed by atoms with van der Waals surface area (Å²) in [6.45, 7) is 3.57. The fourth-order valence-electron chi connectivity index (χ4n) is 5.69. The molecule has 0 heterocycles. The molecule has 0 amide bonds. The number of carboxylic acids is 1. The van der Waals surface area contributed by atoms with Gasteiger partial charge in [0.2, 0.25) is 0 Å². The molecule has 0 aliphatic heterocycles. The Kier molecular flexibility index (Phi) is 20.1. The van der Waals surface area contributed by atoms with Gasteiger partial charge in [-0.25, -0.2) is 0 Å². The van der Waals surface area contributed by atoms with Crippen LogP contribution in [-0.2, 0) is 4.79 Å². The van der Waals surface area contributed by atoms with Crippen LogP contribution in [-0.4, -0.2) is 36.6 Å². The van der Waals surface area contributed by atoms with E-state index in [4.69, 9.17) is 5.11 Å². The van der Waals surface area contributed by atoms with Gasteiger partial charge in [-0.1, -0.05) is 129 Å². The van der Waals surface area contributed by atoms with Crippen LogP contribution in [0.4, 0.5) is 0 Å². The third-order valence-electron chi connectivity index (χ3n) is 8.17. The van der Waals surface area contributed by atoms with E-state index in [1.165, 1.54) is 135 Å². The van der Waals surface area contributed by atoms with Gasteiger partial charge in [0.1, 0.15) is 0 Å². The van der Waals surface area contributed by atoms with Gasteiger partial charge in [-0.05, 0) is 57.7 Å². The summed E-state index contributed by atoms with van der Waals surface area (Å²) in [6, 6.07) is 0. The van der Waals surface area contributed by atoms with E-state index in [0.717, 1.165) is 30.6 Å². The molecule has 3 nitrogen and oxygen atoms in total. The number of unbranched alkanes of at least 4 members (excludes halogenated alkanes) is 13. The zero-order valence-electron chi connectivity index (χ0n) is 23.5. The lowest BCUT2D eigenvalue weighted by molar-refractivity contribution is -0.137. The molecule has 1 rings (SSSR count). The fourth-order valence-corrected chi connectivity index (χ4v) is 5.69. The average molecular weight is 480 g/mol. The summed E-state index contributed by atoms with van der Waals surface area (Å²) < 4.78 is 0. The van der Waals surface area contributed by atoms with Gasteiger partial charge >= 0.3 is 5.97 Å². The molecule has 1 aliphatic rings. The van der Waals surface area contributed by atoms with Gasteiger partial charge in [-0.3, -0.25) is 4.79 Å². The predicted molar refractivity (Wildman–Crippen MR) is 149 cm³/mol. The largest absolute Gasteiger partial charge is 0.481 e. The second kappa shape index (κ2) is 21.7. The highest BCUT2D eigenvalue weighted by molar-refractivity contribution is 5.66. The number of nitrogens with zero attached hydrogens (tertiary/aromatic N) is 1. The third kappa shape index (κ3) is 19.7. The molecule has 0 aromatic heterocycles. The van der Waals surface area contributed by atoms with Gasteiger partial charge in [0.15, 0.2) is 0 Å². The Labute approximate surface area is 213 Å². The summed E-state index contributed by atoms with van der Waals surface area (Å²) in [6.07, 6.45) is 30.7. The van der Waals surface area contributed by atoms with Gasteiger partial charge in [0.25, 0.3) is 0 Å². The summed E-state index contributed by atoms with van der Waals surface area (Å²) in [4.78, 5) is 12.9. The first-order chi connectivity index (χ1) is 16.5. The first kappa shape index (κ1) is 31.5. The first-order valence-electron chi connectivity index (χ1n) is 15.4. The van der Waals surface area contributed by atoms with E-state index in [-0.39, 0.29) is 0 Å². The lowest BCUT2D eigenvalue weighted by atomic mass is 9.91. The van der Waals surface area contributed by atoms with Crippen LogP contribution in [0.15, 0.2) is 0 Å². The van der Waals surface area contributed by atoms with E-state index >= 15 is 0 Å². The van der Waals surface area contributed by atoms with Crippen molar-refractivity contribution in [1.29, 1.82) is 0 Å². The van der Waals surface area contributed by atoms with Crippen molar-refractivity contribution in [3.05, 3.63) is 0 Å². The highest BCUT2D eigenvalue weighted by atomic mass is 16.4. The highest BCUT2D eigenvalue weighted by Gasteiger charge is 2.34. The van der Waals surface area contributed by atoms with Crippen molar-refractivity contribution in [2.24, 2.45) is 17.8 Å². The Morgan fingerprint density at radius 3 is 1.68 bits per heavy atom. The maximum absolute atomic E-state index is 10.5. The first-order valence-corrected chi connectivity index (χ1v) is 15.4. The van der Waals surface area contributed by atoms with Gasteiger partial charge < -0.3 is 10.0 Å². The number of rotatable bonds is 26. The highest BCUT2D eigenvalue weighted by Crippen LogP contribution is 2.45. The molecule has 1 aliphatic carbocycles. The quantitative estimate of drug-likeness (QED) is 0.126. The Morgan fingerprint density at radius 1 is 0.706 bits per heavy atom. The monoisotopic (exact) mass is 479 g/mol. The van der Waals surface area contributed by atoms with Crippen LogP contribution >= 0.6 is 0 Å². The summed E-state index contributed by atoms with van der Waals surface area (Å²) in [5.74, 6) is 2.39. The van der Waals surface area contributed by atoms with E-state index in [1.807, 2.05) is 0 Å². The van der Waals surface area contributed by atoms with Crippen molar-refractivity contribution in [1.82, 2.24) is 4.90 Å². The van der Waals surface area contributed by atoms with Crippen molar-refractivity contribution in [3.8, 4) is 0 Å². The number of aliphatic carboxylic acids is 1. The molecule has 1 N–H and O–H groups in total. The van der Waals surface area contributed by atoms with Gasteiger partial charge in [0, 0.05) is 6.42 Å². The molecule has 0 spiro atoms. The van der Waals surface area contributed by atoms with Crippen LogP contribution in [0.25, 0.3) is 0 Å². The van der Waals surface area contributed by atoms with Crippen molar-refractivity contribution >= 4 is 5.97 Å².